The molecule has 392 valence electrons. The number of ether oxygens (including phenoxy) is 2. The summed E-state index contributed by atoms with van der Waals surface area (Å²) in [4.78, 5) is 60.9. The summed E-state index contributed by atoms with van der Waals surface area (Å²) in [6, 6.07) is -2.61. The third-order valence-corrected chi connectivity index (χ3v) is 12.4. The zero-order valence-electron chi connectivity index (χ0n) is 41.7. The van der Waals surface area contributed by atoms with Crippen LogP contribution < -0.4 is 21.3 Å². The van der Waals surface area contributed by atoms with Crippen molar-refractivity contribution in [1.29, 1.82) is 0 Å². The summed E-state index contributed by atoms with van der Waals surface area (Å²) >= 11 is 0. The Morgan fingerprint density at radius 1 is 0.515 bits per heavy atom. The normalized spacial score (nSPS) is 15.0. The number of esters is 2. The first-order valence-electron chi connectivity index (χ1n) is 24.1. The first kappa shape index (κ1) is 64.3. The molecule has 0 heterocycles. The summed E-state index contributed by atoms with van der Waals surface area (Å²) in [7, 11) is -8.64. The van der Waals surface area contributed by atoms with Crippen LogP contribution in [0.25, 0.3) is 0 Å². The minimum atomic E-state index is -4.32. The van der Waals surface area contributed by atoms with Crippen molar-refractivity contribution in [2.75, 3.05) is 52.7 Å². The van der Waals surface area contributed by atoms with Crippen molar-refractivity contribution in [3.05, 3.63) is 49.6 Å². The van der Waals surface area contributed by atoms with Gasteiger partial charge in [-0.15, -0.1) is 13.2 Å². The molecule has 0 spiro atoms. The molecular weight excluding hydrogens is 922 g/mol. The largest absolute Gasteiger partial charge is 0.475 e. The van der Waals surface area contributed by atoms with Gasteiger partial charge in [-0.05, 0) is 37.8 Å². The zero-order chi connectivity index (χ0) is 50.9. The van der Waals surface area contributed by atoms with Crippen LogP contribution in [0.5, 0.6) is 0 Å². The Labute approximate surface area is 406 Å². The highest BCUT2D eigenvalue weighted by molar-refractivity contribution is 7.48. The summed E-state index contributed by atoms with van der Waals surface area (Å²) in [5.41, 5.74) is 0. The molecule has 4 amide bonds. The maximum absolute atomic E-state index is 13.6. The van der Waals surface area contributed by atoms with Crippen molar-refractivity contribution >= 4 is 45.4 Å². The van der Waals surface area contributed by atoms with Gasteiger partial charge in [0.2, 0.25) is 11.8 Å². The molecule has 0 fully saturated rings. The Hall–Kier alpha value is -3.67. The van der Waals surface area contributed by atoms with Gasteiger partial charge in [0.15, 0.2) is 0 Å². The van der Waals surface area contributed by atoms with E-state index in [1.54, 1.807) is 12.2 Å². The third-order valence-electron chi connectivity index (χ3n) is 9.57. The fraction of sp³-hybridized carbons (Fsp3) is 0.723. The SMILES string of the molecule is C=CCOP(=O)(OCCNC(=O)NCCOP(=O)(OCC=C)OCC(NC(C)=O)C(/C=C/CCCCCCCCC)OC(C)=O)OCC(NC(C)=O)C(/C=C/CCCCCCCCC)OC(C)=O. The molecule has 0 aliphatic carbocycles. The molecule has 68 heavy (non-hydrogen) atoms. The van der Waals surface area contributed by atoms with Crippen molar-refractivity contribution in [3.8, 4) is 0 Å². The van der Waals surface area contributed by atoms with E-state index in [-0.39, 0.29) is 39.5 Å². The Kier molecular flexibility index (Phi) is 38.9. The molecule has 0 radical (unpaired) electrons. The highest BCUT2D eigenvalue weighted by Crippen LogP contribution is 2.50. The number of urea groups is 1. The molecule has 0 bridgehead atoms. The average Bonchev–Trinajstić information content (AvgIpc) is 3.28. The van der Waals surface area contributed by atoms with Gasteiger partial charge in [0.25, 0.3) is 0 Å². The lowest BCUT2D eigenvalue weighted by atomic mass is 10.1. The summed E-state index contributed by atoms with van der Waals surface area (Å²) in [5.74, 6) is -2.08. The molecule has 19 nitrogen and oxygen atoms in total. The molecular formula is C47H84N4O15P2. The number of allylic oxidation sites excluding steroid dienone is 2. The van der Waals surface area contributed by atoms with Crippen LogP contribution in [0, 0.1) is 0 Å². The predicted molar refractivity (Wildman–Crippen MR) is 263 cm³/mol. The van der Waals surface area contributed by atoms with E-state index < -0.39 is 82.9 Å². The van der Waals surface area contributed by atoms with Gasteiger partial charge in [0.1, 0.15) is 12.2 Å². The summed E-state index contributed by atoms with van der Waals surface area (Å²) < 4.78 is 70.9. The highest BCUT2D eigenvalue weighted by atomic mass is 31.2. The van der Waals surface area contributed by atoms with Gasteiger partial charge in [0, 0.05) is 40.8 Å². The maximum Gasteiger partial charge on any atom is 0.475 e. The molecule has 6 atom stereocenters. The summed E-state index contributed by atoms with van der Waals surface area (Å²) in [6.07, 6.45) is 25.2. The predicted octanol–water partition coefficient (Wildman–Crippen LogP) is 9.24. The lowest BCUT2D eigenvalue weighted by molar-refractivity contribution is -0.147. The van der Waals surface area contributed by atoms with Crippen LogP contribution in [0.3, 0.4) is 0 Å². The van der Waals surface area contributed by atoms with Gasteiger partial charge >= 0.3 is 33.6 Å². The van der Waals surface area contributed by atoms with Crippen molar-refractivity contribution < 1.29 is 69.7 Å². The number of phosphoric ester groups is 2. The second-order valence-electron chi connectivity index (χ2n) is 15.9. The van der Waals surface area contributed by atoms with E-state index in [0.717, 1.165) is 51.4 Å². The number of nitrogens with one attached hydrogen (secondary N) is 4. The Balaban J connectivity index is 5.38. The van der Waals surface area contributed by atoms with Crippen LogP contribution in [-0.2, 0) is 64.9 Å². The van der Waals surface area contributed by atoms with Crippen LogP contribution in [-0.4, -0.2) is 107 Å². The number of rotatable bonds is 44. The van der Waals surface area contributed by atoms with Gasteiger partial charge in [-0.3, -0.25) is 46.3 Å². The van der Waals surface area contributed by atoms with E-state index in [2.05, 4.69) is 48.3 Å². The van der Waals surface area contributed by atoms with Gasteiger partial charge in [-0.1, -0.05) is 115 Å². The quantitative estimate of drug-likeness (QED) is 0.0192. The molecule has 6 unspecified atom stereocenters. The minimum absolute atomic E-state index is 0.171. The van der Waals surface area contributed by atoms with Crippen molar-refractivity contribution in [3.63, 3.8) is 0 Å². The monoisotopic (exact) mass is 1010 g/mol. The minimum Gasteiger partial charge on any atom is -0.456 e. The molecule has 0 rings (SSSR count). The van der Waals surface area contributed by atoms with Crippen molar-refractivity contribution in [2.45, 2.75) is 169 Å². The van der Waals surface area contributed by atoms with E-state index in [1.165, 1.54) is 91.2 Å². The first-order chi connectivity index (χ1) is 32.5. The number of unbranched alkanes of at least 4 members (excludes halogenated alkanes) is 14. The van der Waals surface area contributed by atoms with E-state index in [1.807, 2.05) is 12.2 Å². The number of carbonyl (C=O) groups is 5. The van der Waals surface area contributed by atoms with Crippen LogP contribution >= 0.6 is 15.6 Å². The zero-order valence-corrected chi connectivity index (χ0v) is 43.5. The third kappa shape index (κ3) is 36.3. The average molecular weight is 1010 g/mol. The second-order valence-corrected chi connectivity index (χ2v) is 19.3. The number of amides is 4. The molecule has 0 aromatic carbocycles. The molecule has 4 N–H and O–H groups in total. The summed E-state index contributed by atoms with van der Waals surface area (Å²) in [5, 5.41) is 10.4. The topological polar surface area (TPSA) is 241 Å². The lowest BCUT2D eigenvalue weighted by Gasteiger charge is -2.27. The van der Waals surface area contributed by atoms with Gasteiger partial charge in [-0.25, -0.2) is 13.9 Å². The second kappa shape index (κ2) is 41.1. The Bertz CT molecular complexity index is 1490. The molecule has 0 saturated heterocycles. The number of hydrogen-bond acceptors (Lipinski definition) is 15. The molecule has 0 saturated carbocycles. The maximum atomic E-state index is 13.6. The van der Waals surface area contributed by atoms with E-state index in [9.17, 15) is 33.1 Å². The molecule has 0 aromatic rings. The smallest absolute Gasteiger partial charge is 0.456 e. The molecule has 0 aliphatic rings. The van der Waals surface area contributed by atoms with Crippen molar-refractivity contribution in [1.82, 2.24) is 21.3 Å². The van der Waals surface area contributed by atoms with Gasteiger partial charge in [-0.2, -0.15) is 0 Å². The number of carbonyl (C=O) groups excluding carboxylic acids is 5. The Morgan fingerprint density at radius 3 is 1.19 bits per heavy atom. The molecule has 0 aromatic heterocycles. The van der Waals surface area contributed by atoms with Gasteiger partial charge < -0.3 is 30.7 Å². The van der Waals surface area contributed by atoms with Crippen LogP contribution in [0.2, 0.25) is 0 Å². The molecule has 0 aliphatic heterocycles. The fourth-order valence-corrected chi connectivity index (χ4v) is 8.65. The molecule has 21 heteroatoms. The highest BCUT2D eigenvalue weighted by Gasteiger charge is 2.33. The lowest BCUT2D eigenvalue weighted by Crippen LogP contribution is -2.46. The van der Waals surface area contributed by atoms with Crippen LogP contribution in [0.1, 0.15) is 144 Å². The van der Waals surface area contributed by atoms with E-state index >= 15 is 0 Å². The van der Waals surface area contributed by atoms with E-state index in [4.69, 9.17) is 36.6 Å². The van der Waals surface area contributed by atoms with Crippen LogP contribution in [0.4, 0.5) is 4.79 Å². The summed E-state index contributed by atoms with van der Waals surface area (Å²) in [6.45, 7) is 14.2. The number of hydrogen-bond donors (Lipinski definition) is 4. The van der Waals surface area contributed by atoms with Crippen molar-refractivity contribution in [2.24, 2.45) is 0 Å². The Morgan fingerprint density at radius 2 is 0.868 bits per heavy atom. The fourth-order valence-electron chi connectivity index (χ4n) is 6.31. The van der Waals surface area contributed by atoms with Crippen LogP contribution in [0.15, 0.2) is 49.6 Å². The first-order valence-corrected chi connectivity index (χ1v) is 27.0. The standard InChI is InChI=1S/C47H84N4O15P2/c1-9-13-15-17-19-21-23-25-27-29-45(65-41(7)54)43(50-39(5)52)37-63-67(57,59-33-11-3)61-35-31-48-47(56)49-32-36-62-68(58,60-34-12-4)64-38-44(51-40(6)53)46(66-42(8)55)30-28-26-24-22-20-18-16-14-10-2/h11-12,27-30,43-46H,3-4,9-10,13-26,31-38H2,1-2,5-8H3,(H,50,52)(H,51,53)(H2,48,49,56)/b29-27+,30-28+. The number of phosphoric acid groups is 2. The van der Waals surface area contributed by atoms with E-state index in [0.29, 0.717) is 0 Å². The van der Waals surface area contributed by atoms with Gasteiger partial charge in [0.05, 0.1) is 51.7 Å².